The summed E-state index contributed by atoms with van der Waals surface area (Å²) in [5.74, 6) is -0.860. The van der Waals surface area contributed by atoms with E-state index in [1.165, 1.54) is 0 Å². The SMILES string of the molecule is CCC(C)OC(=O)CCN1CCN(CCC(=O)OCCC(C)OC(=O)CCN2CCN(CCC(=O)OCCOC)CC2)CC1. The molecule has 13 heteroatoms. The van der Waals surface area contributed by atoms with E-state index < -0.39 is 0 Å². The van der Waals surface area contributed by atoms with Gasteiger partial charge in [-0.15, -0.1) is 0 Å². The highest BCUT2D eigenvalue weighted by molar-refractivity contribution is 5.70. The van der Waals surface area contributed by atoms with Crippen molar-refractivity contribution in [1.82, 2.24) is 19.6 Å². The van der Waals surface area contributed by atoms with Crippen molar-refractivity contribution in [3.63, 3.8) is 0 Å². The van der Waals surface area contributed by atoms with Crippen LogP contribution in [0.15, 0.2) is 0 Å². The second kappa shape index (κ2) is 22.2. The minimum atomic E-state index is -0.327. The number of carbonyl (C=O) groups excluding carboxylic acids is 4. The molecule has 0 aromatic rings. The smallest absolute Gasteiger partial charge is 0.307 e. The van der Waals surface area contributed by atoms with Crippen molar-refractivity contribution in [3.05, 3.63) is 0 Å². The van der Waals surface area contributed by atoms with Gasteiger partial charge >= 0.3 is 23.9 Å². The molecular formula is C31H56N4O9. The molecule has 2 fully saturated rings. The summed E-state index contributed by atoms with van der Waals surface area (Å²) >= 11 is 0. The van der Waals surface area contributed by atoms with Gasteiger partial charge in [0.05, 0.1) is 45.0 Å². The van der Waals surface area contributed by atoms with Gasteiger partial charge in [0, 0.05) is 92.1 Å². The van der Waals surface area contributed by atoms with Crippen LogP contribution in [0.5, 0.6) is 0 Å². The normalized spacial score (nSPS) is 18.4. The van der Waals surface area contributed by atoms with Crippen LogP contribution >= 0.6 is 0 Å². The first-order valence-electron chi connectivity index (χ1n) is 16.3. The number of esters is 4. The summed E-state index contributed by atoms with van der Waals surface area (Å²) in [6.45, 7) is 16.0. The largest absolute Gasteiger partial charge is 0.465 e. The zero-order valence-corrected chi connectivity index (χ0v) is 27.5. The van der Waals surface area contributed by atoms with Crippen LogP contribution in [0.25, 0.3) is 0 Å². The summed E-state index contributed by atoms with van der Waals surface area (Å²) < 4.78 is 26.2. The summed E-state index contributed by atoms with van der Waals surface area (Å²) in [5.41, 5.74) is 0. The third kappa shape index (κ3) is 17.2. The van der Waals surface area contributed by atoms with E-state index in [1.807, 2.05) is 20.8 Å². The maximum atomic E-state index is 12.3. The van der Waals surface area contributed by atoms with Crippen molar-refractivity contribution >= 4 is 23.9 Å². The maximum Gasteiger partial charge on any atom is 0.307 e. The van der Waals surface area contributed by atoms with Crippen LogP contribution in [0.4, 0.5) is 0 Å². The summed E-state index contributed by atoms with van der Waals surface area (Å²) in [7, 11) is 1.57. The number of nitrogens with zero attached hydrogens (tertiary/aromatic N) is 4. The molecule has 0 aromatic heterocycles. The molecule has 2 saturated heterocycles. The Hall–Kier alpha value is -2.32. The standard InChI is InChI=1S/C31H56N4O9/c1-5-26(2)43-30(38)8-13-34-19-15-32(16-20-34)11-6-28(36)41-23-10-27(3)44-31(39)9-14-35-21-17-33(18-22-35)12-7-29(37)42-25-24-40-4/h26-27H,5-25H2,1-4H3. The van der Waals surface area contributed by atoms with Crippen LogP contribution < -0.4 is 0 Å². The Bertz CT molecular complexity index is 846. The Morgan fingerprint density at radius 3 is 1.30 bits per heavy atom. The van der Waals surface area contributed by atoms with Crippen LogP contribution in [0.2, 0.25) is 0 Å². The average Bonchev–Trinajstić information content (AvgIpc) is 3.01. The molecular weight excluding hydrogens is 572 g/mol. The van der Waals surface area contributed by atoms with Crippen LogP contribution in [0.3, 0.4) is 0 Å². The fraction of sp³-hybridized carbons (Fsp3) is 0.871. The summed E-state index contributed by atoms with van der Waals surface area (Å²) in [5, 5.41) is 0. The second-order valence-electron chi connectivity index (χ2n) is 11.6. The molecule has 2 heterocycles. The number of carbonyl (C=O) groups is 4. The lowest BCUT2D eigenvalue weighted by Gasteiger charge is -2.34. The highest BCUT2D eigenvalue weighted by atomic mass is 16.6. The van der Waals surface area contributed by atoms with Gasteiger partial charge in [-0.25, -0.2) is 0 Å². The van der Waals surface area contributed by atoms with Crippen LogP contribution in [-0.2, 0) is 42.9 Å². The predicted octanol–water partition coefficient (Wildman–Crippen LogP) is 1.18. The first kappa shape index (κ1) is 37.9. The van der Waals surface area contributed by atoms with Crippen molar-refractivity contribution in [3.8, 4) is 0 Å². The lowest BCUT2D eigenvalue weighted by molar-refractivity contribution is -0.151. The van der Waals surface area contributed by atoms with Gasteiger partial charge in [-0.3, -0.25) is 19.2 Å². The van der Waals surface area contributed by atoms with E-state index in [1.54, 1.807) is 7.11 Å². The first-order valence-corrected chi connectivity index (χ1v) is 16.3. The Kier molecular flexibility index (Phi) is 19.1. The van der Waals surface area contributed by atoms with Crippen molar-refractivity contribution in [1.29, 1.82) is 0 Å². The molecule has 0 radical (unpaired) electrons. The van der Waals surface area contributed by atoms with Crippen LogP contribution in [-0.4, -0.2) is 161 Å². The maximum absolute atomic E-state index is 12.3. The Labute approximate surface area is 263 Å². The number of ether oxygens (including phenoxy) is 5. The van der Waals surface area contributed by atoms with E-state index in [9.17, 15) is 19.2 Å². The zero-order chi connectivity index (χ0) is 32.2. The second-order valence-corrected chi connectivity index (χ2v) is 11.6. The van der Waals surface area contributed by atoms with E-state index in [2.05, 4.69) is 19.6 Å². The molecule has 254 valence electrons. The van der Waals surface area contributed by atoms with Gasteiger partial charge in [-0.05, 0) is 20.3 Å². The van der Waals surface area contributed by atoms with E-state index >= 15 is 0 Å². The molecule has 0 bridgehead atoms. The van der Waals surface area contributed by atoms with Gasteiger partial charge < -0.3 is 43.3 Å². The number of hydrogen-bond acceptors (Lipinski definition) is 13. The predicted molar refractivity (Wildman–Crippen MR) is 164 cm³/mol. The Morgan fingerprint density at radius 1 is 0.545 bits per heavy atom. The monoisotopic (exact) mass is 628 g/mol. The highest BCUT2D eigenvalue weighted by Crippen LogP contribution is 2.08. The van der Waals surface area contributed by atoms with E-state index in [4.69, 9.17) is 23.7 Å². The Morgan fingerprint density at radius 2 is 0.909 bits per heavy atom. The van der Waals surface area contributed by atoms with Gasteiger partial charge in [0.25, 0.3) is 0 Å². The molecule has 2 aliphatic rings. The fourth-order valence-electron chi connectivity index (χ4n) is 4.90. The minimum absolute atomic E-state index is 0.0367. The lowest BCUT2D eigenvalue weighted by atomic mass is 10.2. The van der Waals surface area contributed by atoms with Gasteiger partial charge in [0.15, 0.2) is 0 Å². The van der Waals surface area contributed by atoms with Crippen molar-refractivity contribution < 1.29 is 42.9 Å². The van der Waals surface area contributed by atoms with Crippen LogP contribution in [0, 0.1) is 0 Å². The zero-order valence-electron chi connectivity index (χ0n) is 27.5. The summed E-state index contributed by atoms with van der Waals surface area (Å²) in [6, 6.07) is 0. The number of methoxy groups -OCH3 is 1. The molecule has 0 spiro atoms. The first-order chi connectivity index (χ1) is 21.2. The molecule has 44 heavy (non-hydrogen) atoms. The molecule has 2 unspecified atom stereocenters. The van der Waals surface area contributed by atoms with E-state index in [0.717, 1.165) is 58.8 Å². The molecule has 0 N–H and O–H groups in total. The molecule has 0 aromatic carbocycles. The van der Waals surface area contributed by atoms with Gasteiger partial charge in [0.1, 0.15) is 12.7 Å². The van der Waals surface area contributed by atoms with Gasteiger partial charge in [-0.2, -0.15) is 0 Å². The molecule has 0 aliphatic carbocycles. The van der Waals surface area contributed by atoms with Crippen LogP contribution in [0.1, 0.15) is 59.3 Å². The summed E-state index contributed by atoms with van der Waals surface area (Å²) in [4.78, 5) is 57.1. The van der Waals surface area contributed by atoms with Crippen molar-refractivity contribution in [2.24, 2.45) is 0 Å². The van der Waals surface area contributed by atoms with E-state index in [0.29, 0.717) is 64.9 Å². The van der Waals surface area contributed by atoms with Crippen molar-refractivity contribution in [2.45, 2.75) is 71.5 Å². The highest BCUT2D eigenvalue weighted by Gasteiger charge is 2.21. The van der Waals surface area contributed by atoms with Crippen molar-refractivity contribution in [2.75, 3.05) is 105 Å². The minimum Gasteiger partial charge on any atom is -0.465 e. The molecule has 0 amide bonds. The molecule has 2 aliphatic heterocycles. The molecule has 2 atom stereocenters. The third-order valence-electron chi connectivity index (χ3n) is 8.04. The number of rotatable bonds is 21. The Balaban J connectivity index is 1.45. The number of hydrogen-bond donors (Lipinski definition) is 0. The van der Waals surface area contributed by atoms with E-state index in [-0.39, 0.29) is 49.3 Å². The molecule has 0 saturated carbocycles. The topological polar surface area (TPSA) is 127 Å². The lowest BCUT2D eigenvalue weighted by Crippen LogP contribution is -2.47. The third-order valence-corrected chi connectivity index (χ3v) is 8.04. The quantitative estimate of drug-likeness (QED) is 0.103. The molecule has 13 nitrogen and oxygen atoms in total. The average molecular weight is 629 g/mol. The summed E-state index contributed by atoms with van der Waals surface area (Å²) in [6.07, 6.45) is 2.31. The molecule has 2 rings (SSSR count). The fourth-order valence-corrected chi connectivity index (χ4v) is 4.90. The van der Waals surface area contributed by atoms with Gasteiger partial charge in [0.2, 0.25) is 0 Å². The van der Waals surface area contributed by atoms with Gasteiger partial charge in [-0.1, -0.05) is 6.92 Å². The number of piperazine rings is 2.